The van der Waals surface area contributed by atoms with Crippen molar-refractivity contribution in [2.75, 3.05) is 0 Å². The first-order valence-electron chi connectivity index (χ1n) is 5.54. The summed E-state index contributed by atoms with van der Waals surface area (Å²) < 4.78 is 0. The van der Waals surface area contributed by atoms with Gasteiger partial charge in [-0.05, 0) is 5.56 Å². The molecular weight excluding hydrogens is 238 g/mol. The van der Waals surface area contributed by atoms with E-state index in [1.807, 2.05) is 0 Å². The second kappa shape index (κ2) is 4.42. The molecule has 0 saturated carbocycles. The lowest BCUT2D eigenvalue weighted by molar-refractivity contribution is -0.396. The monoisotopic (exact) mass is 253 g/mol. The first-order valence-corrected chi connectivity index (χ1v) is 5.54. The molecule has 6 nitrogen and oxygen atoms in total. The molecule has 1 saturated heterocycles. The fraction of sp³-hybridized carbons (Fsp3) is 0.417. The first kappa shape index (κ1) is 13.1. The minimum Gasteiger partial charge on any atom is -0.353 e. The number of hydrogen-bond acceptors (Lipinski definition) is 6. The van der Waals surface area contributed by atoms with Crippen molar-refractivity contribution in [3.8, 4) is 0 Å². The highest BCUT2D eigenvalue weighted by Gasteiger charge is 2.52. The summed E-state index contributed by atoms with van der Waals surface area (Å²) in [6.45, 7) is -0.0892. The van der Waals surface area contributed by atoms with Crippen LogP contribution in [-0.4, -0.2) is 42.9 Å². The highest BCUT2D eigenvalue weighted by Crippen LogP contribution is 2.32. The molecule has 1 heterocycles. The van der Waals surface area contributed by atoms with Crippen LogP contribution in [0.5, 0.6) is 0 Å². The van der Waals surface area contributed by atoms with E-state index < -0.39 is 30.4 Å². The maximum Gasteiger partial charge on any atom is 0.236 e. The van der Waals surface area contributed by atoms with Crippen LogP contribution in [0, 0.1) is 0 Å². The number of ketones is 1. The Kier molecular flexibility index (Phi) is 3.22. The zero-order chi connectivity index (χ0) is 13.4. The highest BCUT2D eigenvalue weighted by atomic mass is 16.6. The van der Waals surface area contributed by atoms with Gasteiger partial charge in [0, 0.05) is 6.54 Å². The van der Waals surface area contributed by atoms with Crippen LogP contribution in [0.3, 0.4) is 0 Å². The van der Waals surface area contributed by atoms with Gasteiger partial charge in [0.05, 0.1) is 12.8 Å². The maximum atomic E-state index is 11.2. The molecule has 1 aliphatic rings. The van der Waals surface area contributed by atoms with Crippen LogP contribution in [0.4, 0.5) is 0 Å². The minimum atomic E-state index is -2.56. The predicted octanol–water partition coefficient (Wildman–Crippen LogP) is -0.872. The van der Waals surface area contributed by atoms with E-state index in [0.717, 1.165) is 0 Å². The number of piperidine rings is 1. The van der Waals surface area contributed by atoms with Gasteiger partial charge in [-0.25, -0.2) is 0 Å². The van der Waals surface area contributed by atoms with Crippen LogP contribution in [-0.2, 0) is 11.3 Å². The Morgan fingerprint density at radius 3 is 2.00 bits per heavy atom. The van der Waals surface area contributed by atoms with Crippen LogP contribution < -0.4 is 0 Å². The van der Waals surface area contributed by atoms with E-state index in [-0.39, 0.29) is 6.54 Å². The van der Waals surface area contributed by atoms with E-state index >= 15 is 0 Å². The number of carbonyl (C=O) groups excluding carboxylic acids is 1. The summed E-state index contributed by atoms with van der Waals surface area (Å²) >= 11 is 0. The van der Waals surface area contributed by atoms with Crippen LogP contribution in [0.2, 0.25) is 0 Å². The number of carbonyl (C=O) groups is 1. The van der Waals surface area contributed by atoms with E-state index in [9.17, 15) is 25.2 Å². The lowest BCUT2D eigenvalue weighted by Crippen LogP contribution is -2.65. The molecule has 0 bridgehead atoms. The summed E-state index contributed by atoms with van der Waals surface area (Å²) in [6, 6.07) is 8.71. The molecule has 0 amide bonds. The van der Waals surface area contributed by atoms with Crippen LogP contribution in [0.15, 0.2) is 30.3 Å². The Balaban J connectivity index is 2.26. The molecule has 2 rings (SSSR count). The number of hydrogen-bond donors (Lipinski definition) is 4. The molecule has 0 aromatic heterocycles. The standard InChI is InChI=1S/C12H15NO5/c14-10-6-11(15,16)13(12(17,18)7-10)8-9-4-2-1-3-5-9/h1-5,15-18H,6-8H2. The smallest absolute Gasteiger partial charge is 0.236 e. The Hall–Kier alpha value is -1.31. The Morgan fingerprint density at radius 2 is 1.50 bits per heavy atom. The van der Waals surface area contributed by atoms with Gasteiger partial charge in [-0.1, -0.05) is 30.3 Å². The normalized spacial score (nSPS) is 23.0. The van der Waals surface area contributed by atoms with Crippen molar-refractivity contribution in [2.24, 2.45) is 0 Å². The molecule has 18 heavy (non-hydrogen) atoms. The quantitative estimate of drug-likeness (QED) is 0.511. The second-order valence-corrected chi connectivity index (χ2v) is 4.51. The third kappa shape index (κ3) is 2.58. The number of aliphatic hydroxyl groups is 4. The summed E-state index contributed by atoms with van der Waals surface area (Å²) in [4.78, 5) is 11.9. The average Bonchev–Trinajstić information content (AvgIpc) is 2.23. The van der Waals surface area contributed by atoms with Gasteiger partial charge in [-0.3, -0.25) is 4.79 Å². The molecule has 0 radical (unpaired) electrons. The van der Waals surface area contributed by atoms with Gasteiger partial charge in [-0.2, -0.15) is 4.90 Å². The third-order valence-electron chi connectivity index (χ3n) is 2.92. The number of likely N-dealkylation sites (tertiary alicyclic amines) is 1. The van der Waals surface area contributed by atoms with Gasteiger partial charge in [0.15, 0.2) is 0 Å². The van der Waals surface area contributed by atoms with Crippen molar-refractivity contribution < 1.29 is 25.2 Å². The van der Waals surface area contributed by atoms with E-state index in [1.165, 1.54) is 0 Å². The largest absolute Gasteiger partial charge is 0.353 e. The average molecular weight is 253 g/mol. The van der Waals surface area contributed by atoms with Crippen molar-refractivity contribution in [3.05, 3.63) is 35.9 Å². The third-order valence-corrected chi connectivity index (χ3v) is 2.92. The van der Waals surface area contributed by atoms with Crippen molar-refractivity contribution >= 4 is 5.78 Å². The second-order valence-electron chi connectivity index (χ2n) is 4.51. The number of nitrogens with zero attached hydrogens (tertiary/aromatic N) is 1. The van der Waals surface area contributed by atoms with E-state index in [2.05, 4.69) is 0 Å². The molecule has 6 heteroatoms. The minimum absolute atomic E-state index is 0.0892. The first-order chi connectivity index (χ1) is 8.31. The van der Waals surface area contributed by atoms with Gasteiger partial charge >= 0.3 is 0 Å². The van der Waals surface area contributed by atoms with Gasteiger partial charge in [0.1, 0.15) is 5.78 Å². The number of Topliss-reactive ketones (excluding diaryl/α,β-unsaturated/α-hetero) is 1. The fourth-order valence-electron chi connectivity index (χ4n) is 2.09. The topological polar surface area (TPSA) is 101 Å². The summed E-state index contributed by atoms with van der Waals surface area (Å²) in [7, 11) is 0. The zero-order valence-electron chi connectivity index (χ0n) is 9.65. The molecule has 1 aromatic carbocycles. The Labute approximate surface area is 104 Å². The fourth-order valence-corrected chi connectivity index (χ4v) is 2.09. The molecule has 98 valence electrons. The van der Waals surface area contributed by atoms with Crippen LogP contribution in [0.25, 0.3) is 0 Å². The highest BCUT2D eigenvalue weighted by molar-refractivity contribution is 5.80. The van der Waals surface area contributed by atoms with Gasteiger partial charge < -0.3 is 20.4 Å². The van der Waals surface area contributed by atoms with Gasteiger partial charge in [0.25, 0.3) is 0 Å². The molecular formula is C12H15NO5. The Bertz CT molecular complexity index is 423. The van der Waals surface area contributed by atoms with Crippen molar-refractivity contribution in [3.63, 3.8) is 0 Å². The molecule has 1 aromatic rings. The van der Waals surface area contributed by atoms with Crippen molar-refractivity contribution in [1.29, 1.82) is 0 Å². The van der Waals surface area contributed by atoms with E-state index in [4.69, 9.17) is 0 Å². The molecule has 0 spiro atoms. The SMILES string of the molecule is O=C1CC(O)(O)N(Cc2ccccc2)C(O)(O)C1. The van der Waals surface area contributed by atoms with Gasteiger partial charge in [0.2, 0.25) is 11.8 Å². The van der Waals surface area contributed by atoms with E-state index in [1.54, 1.807) is 30.3 Å². The summed E-state index contributed by atoms with van der Waals surface area (Å²) in [5.41, 5.74) is 0.673. The Morgan fingerprint density at radius 1 is 1.00 bits per heavy atom. The summed E-state index contributed by atoms with van der Waals surface area (Å²) in [5, 5.41) is 39.0. The van der Waals surface area contributed by atoms with Crippen LogP contribution >= 0.6 is 0 Å². The number of benzene rings is 1. The van der Waals surface area contributed by atoms with Crippen LogP contribution in [0.1, 0.15) is 18.4 Å². The molecule has 1 fully saturated rings. The summed E-state index contributed by atoms with van der Waals surface area (Å²) in [6.07, 6.45) is -1.11. The lowest BCUT2D eigenvalue weighted by atomic mass is 10.0. The predicted molar refractivity (Wildman–Crippen MR) is 60.6 cm³/mol. The van der Waals surface area contributed by atoms with Crippen molar-refractivity contribution in [2.45, 2.75) is 31.2 Å². The molecule has 0 atom stereocenters. The van der Waals surface area contributed by atoms with E-state index in [0.29, 0.717) is 10.5 Å². The molecule has 4 N–H and O–H groups in total. The molecule has 0 aliphatic carbocycles. The van der Waals surface area contributed by atoms with Crippen molar-refractivity contribution in [1.82, 2.24) is 4.90 Å². The molecule has 1 aliphatic heterocycles. The van der Waals surface area contributed by atoms with Gasteiger partial charge in [-0.15, -0.1) is 0 Å². The zero-order valence-corrected chi connectivity index (χ0v) is 9.65. The lowest BCUT2D eigenvalue weighted by Gasteiger charge is -2.45. The molecule has 0 unspecified atom stereocenters. The summed E-state index contributed by atoms with van der Waals surface area (Å²) in [5.74, 6) is -5.74. The maximum absolute atomic E-state index is 11.2. The number of rotatable bonds is 2.